The first-order valence-electron chi connectivity index (χ1n) is 4.50. The van der Waals surface area contributed by atoms with Gasteiger partial charge in [0.25, 0.3) is 0 Å². The second-order valence-electron chi connectivity index (χ2n) is 3.42. The molecule has 1 aromatic carbocycles. The van der Waals surface area contributed by atoms with Crippen LogP contribution >= 0.6 is 0 Å². The van der Waals surface area contributed by atoms with Gasteiger partial charge in [0.2, 0.25) is 0 Å². The summed E-state index contributed by atoms with van der Waals surface area (Å²) in [5.74, 6) is -0.433. The predicted octanol–water partition coefficient (Wildman–Crippen LogP) is -1.40. The van der Waals surface area contributed by atoms with Gasteiger partial charge in [0, 0.05) is 0 Å². The summed E-state index contributed by atoms with van der Waals surface area (Å²) in [6.45, 7) is -5.03. The van der Waals surface area contributed by atoms with E-state index in [1.54, 1.807) is 0 Å². The number of rotatable bonds is 1. The fraction of sp³-hybridized carbons (Fsp3) is 0.222. The number of ether oxygens (including phenoxy) is 1. The molecule has 0 unspecified atom stereocenters. The average Bonchev–Trinajstić information content (AvgIpc) is 2.15. The van der Waals surface area contributed by atoms with Gasteiger partial charge in [-0.15, -0.1) is 5.46 Å². The van der Waals surface area contributed by atoms with Gasteiger partial charge in [-0.25, -0.2) is 0 Å². The molecule has 0 saturated carbocycles. The zero-order valence-corrected chi connectivity index (χ0v) is 11.8. The second-order valence-corrected chi connectivity index (χ2v) is 3.42. The third kappa shape index (κ3) is 3.10. The first kappa shape index (κ1) is 14.2. The van der Waals surface area contributed by atoms with Crippen LogP contribution in [0.4, 0.5) is 12.9 Å². The van der Waals surface area contributed by atoms with Gasteiger partial charge >= 0.3 is 64.3 Å². The maximum Gasteiger partial charge on any atom is 1.00 e. The third-order valence-electron chi connectivity index (χ3n) is 2.29. The Balaban J connectivity index is 0.00000128. The molecule has 0 aromatic heterocycles. The van der Waals surface area contributed by atoms with Gasteiger partial charge in [-0.05, 0) is 18.1 Å². The van der Waals surface area contributed by atoms with E-state index in [1.165, 1.54) is 6.07 Å². The number of halogens is 3. The van der Waals surface area contributed by atoms with Crippen molar-refractivity contribution in [1.29, 1.82) is 0 Å². The Morgan fingerprint density at radius 2 is 1.88 bits per heavy atom. The van der Waals surface area contributed by atoms with Crippen LogP contribution in [-0.4, -0.2) is 12.9 Å². The number of carbonyl (C=O) groups is 1. The van der Waals surface area contributed by atoms with Crippen LogP contribution in [0.3, 0.4) is 0 Å². The molecule has 1 heterocycles. The van der Waals surface area contributed by atoms with Crippen LogP contribution in [0.2, 0.25) is 0 Å². The van der Waals surface area contributed by atoms with E-state index in [1.807, 2.05) is 0 Å². The average molecular weight is 254 g/mol. The smallest absolute Gasteiger partial charge is 0.445 e. The molecule has 0 amide bonds. The molecule has 0 aliphatic carbocycles. The molecule has 0 fully saturated rings. The summed E-state index contributed by atoms with van der Waals surface area (Å²) in [6, 6.07) is 3.29. The first-order valence-corrected chi connectivity index (χ1v) is 4.50. The molecular formula is C9H7BF3KO2. The van der Waals surface area contributed by atoms with Gasteiger partial charge in [-0.1, -0.05) is 12.1 Å². The Bertz CT molecular complexity index is 420. The molecule has 0 spiro atoms. The summed E-state index contributed by atoms with van der Waals surface area (Å²) in [5.41, 5.74) is -0.0816. The molecule has 2 nitrogen and oxygen atoms in total. The van der Waals surface area contributed by atoms with Gasteiger partial charge in [0.05, 0.1) is 6.42 Å². The normalized spacial score (nSPS) is 14.8. The van der Waals surface area contributed by atoms with E-state index in [2.05, 4.69) is 0 Å². The first-order chi connectivity index (χ1) is 6.97. The number of hydrogen-bond acceptors (Lipinski definition) is 2. The van der Waals surface area contributed by atoms with E-state index in [0.717, 1.165) is 12.1 Å². The molecule has 0 radical (unpaired) electrons. The molecule has 1 aliphatic heterocycles. The Labute approximate surface area is 133 Å². The van der Waals surface area contributed by atoms with Crippen molar-refractivity contribution in [3.8, 4) is 5.75 Å². The van der Waals surface area contributed by atoms with Crippen molar-refractivity contribution in [2.24, 2.45) is 0 Å². The third-order valence-corrected chi connectivity index (χ3v) is 2.29. The maximum atomic E-state index is 12.4. The standard InChI is InChI=1S/C9H7BF3O2.K/c11-10(12,13)7-3-1-6-2-4-9(14)15-8(6)5-7;/h1,3,5H,2,4H2;/q-1;+1. The number of hydrogen-bond donors (Lipinski definition) is 0. The molecule has 80 valence electrons. The molecular weight excluding hydrogens is 247 g/mol. The number of benzene rings is 1. The van der Waals surface area contributed by atoms with E-state index in [0.29, 0.717) is 12.0 Å². The Morgan fingerprint density at radius 3 is 2.50 bits per heavy atom. The minimum absolute atomic E-state index is 0. The molecule has 1 aliphatic rings. The van der Waals surface area contributed by atoms with Crippen LogP contribution < -0.4 is 61.6 Å². The SMILES string of the molecule is O=C1CCc2ccc([B-](F)(F)F)cc2O1.[K+]. The van der Waals surface area contributed by atoms with Crippen molar-refractivity contribution in [2.45, 2.75) is 12.8 Å². The number of esters is 1. The van der Waals surface area contributed by atoms with Crippen molar-refractivity contribution < 1.29 is 73.9 Å². The minimum atomic E-state index is -5.03. The zero-order chi connectivity index (χ0) is 11.1. The molecule has 0 N–H and O–H groups in total. The molecule has 0 saturated heterocycles. The molecule has 7 heteroatoms. The summed E-state index contributed by atoms with van der Waals surface area (Å²) < 4.78 is 41.9. The largest absolute Gasteiger partial charge is 1.00 e. The van der Waals surface area contributed by atoms with E-state index >= 15 is 0 Å². The summed E-state index contributed by atoms with van der Waals surface area (Å²) >= 11 is 0. The van der Waals surface area contributed by atoms with Gasteiger partial charge in [0.1, 0.15) is 5.75 Å². The van der Waals surface area contributed by atoms with Crippen LogP contribution in [-0.2, 0) is 11.2 Å². The maximum absolute atomic E-state index is 12.4. The quantitative estimate of drug-likeness (QED) is 0.350. The van der Waals surface area contributed by atoms with Crippen LogP contribution in [0.1, 0.15) is 12.0 Å². The number of carbonyl (C=O) groups excluding carboxylic acids is 1. The topological polar surface area (TPSA) is 26.3 Å². The molecule has 1 aromatic rings. The van der Waals surface area contributed by atoms with E-state index in [-0.39, 0.29) is 63.6 Å². The number of aryl methyl sites for hydroxylation is 1. The van der Waals surface area contributed by atoms with Crippen molar-refractivity contribution in [3.05, 3.63) is 23.8 Å². The van der Waals surface area contributed by atoms with Gasteiger partial charge in [-0.2, -0.15) is 0 Å². The van der Waals surface area contributed by atoms with E-state index < -0.39 is 18.4 Å². The molecule has 2 rings (SSSR count). The predicted molar refractivity (Wildman–Crippen MR) is 49.1 cm³/mol. The Hall–Kier alpha value is 0.181. The fourth-order valence-electron chi connectivity index (χ4n) is 1.49. The van der Waals surface area contributed by atoms with Gasteiger partial charge in [-0.3, -0.25) is 4.79 Å². The summed E-state index contributed by atoms with van der Waals surface area (Å²) in [7, 11) is 0. The van der Waals surface area contributed by atoms with Crippen molar-refractivity contribution in [3.63, 3.8) is 0 Å². The van der Waals surface area contributed by atoms with Gasteiger partial charge in [0.15, 0.2) is 0 Å². The molecule has 0 atom stereocenters. The van der Waals surface area contributed by atoms with Crippen molar-refractivity contribution in [1.82, 2.24) is 0 Å². The number of fused-ring (bicyclic) bond motifs is 1. The molecule has 16 heavy (non-hydrogen) atoms. The van der Waals surface area contributed by atoms with Crippen LogP contribution in [0.25, 0.3) is 0 Å². The summed E-state index contributed by atoms with van der Waals surface area (Å²) in [6.07, 6.45) is 0.669. The fourth-order valence-corrected chi connectivity index (χ4v) is 1.49. The van der Waals surface area contributed by atoms with Crippen molar-refractivity contribution >= 4 is 18.4 Å². The van der Waals surface area contributed by atoms with Gasteiger partial charge < -0.3 is 17.7 Å². The minimum Gasteiger partial charge on any atom is -0.445 e. The van der Waals surface area contributed by atoms with Crippen LogP contribution in [0.5, 0.6) is 5.75 Å². The molecule has 0 bridgehead atoms. The monoisotopic (exact) mass is 254 g/mol. The zero-order valence-electron chi connectivity index (χ0n) is 8.67. The summed E-state index contributed by atoms with van der Waals surface area (Å²) in [4.78, 5) is 10.9. The van der Waals surface area contributed by atoms with E-state index in [9.17, 15) is 17.7 Å². The van der Waals surface area contributed by atoms with E-state index in [4.69, 9.17) is 4.74 Å². The Kier molecular flexibility index (Phi) is 4.65. The second kappa shape index (κ2) is 5.22. The summed E-state index contributed by atoms with van der Waals surface area (Å²) in [5, 5.41) is 0. The van der Waals surface area contributed by atoms with Crippen LogP contribution in [0.15, 0.2) is 18.2 Å². The van der Waals surface area contributed by atoms with Crippen molar-refractivity contribution in [2.75, 3.05) is 0 Å². The Morgan fingerprint density at radius 1 is 1.19 bits per heavy atom. The van der Waals surface area contributed by atoms with Crippen LogP contribution in [0, 0.1) is 0 Å².